The summed E-state index contributed by atoms with van der Waals surface area (Å²) in [6, 6.07) is 4.15. The van der Waals surface area contributed by atoms with Crippen LogP contribution in [-0.2, 0) is 12.8 Å². The summed E-state index contributed by atoms with van der Waals surface area (Å²) in [6.45, 7) is 9.72. The molecule has 1 unspecified atom stereocenters. The third kappa shape index (κ3) is 4.89. The van der Waals surface area contributed by atoms with Gasteiger partial charge in [0.1, 0.15) is 5.75 Å². The molecule has 1 heterocycles. The van der Waals surface area contributed by atoms with Crippen LogP contribution in [0.1, 0.15) is 44.7 Å². The van der Waals surface area contributed by atoms with Gasteiger partial charge in [-0.1, -0.05) is 38.8 Å². The van der Waals surface area contributed by atoms with Crippen molar-refractivity contribution in [3.8, 4) is 5.75 Å². The second kappa shape index (κ2) is 8.05. The predicted molar refractivity (Wildman–Crippen MR) is 90.5 cm³/mol. The third-order valence-electron chi connectivity index (χ3n) is 4.02. The van der Waals surface area contributed by atoms with Gasteiger partial charge in [-0.25, -0.2) is 0 Å². The molecule has 0 amide bonds. The summed E-state index contributed by atoms with van der Waals surface area (Å²) < 4.78 is 5.83. The summed E-state index contributed by atoms with van der Waals surface area (Å²) in [6.07, 6.45) is 4.51. The Hall–Kier alpha value is -0.730. The normalized spacial score (nSPS) is 15.1. The molecular formula is C18H28ClNO. The van der Waals surface area contributed by atoms with Crippen molar-refractivity contribution in [2.45, 2.75) is 46.5 Å². The first-order valence-electron chi connectivity index (χ1n) is 8.25. The van der Waals surface area contributed by atoms with Crippen LogP contribution in [-0.4, -0.2) is 19.7 Å². The van der Waals surface area contributed by atoms with E-state index in [1.807, 2.05) is 0 Å². The number of hydrogen-bond donors (Lipinski definition) is 1. The number of halogens is 1. The number of nitrogens with one attached hydrogen (secondary N) is 1. The smallest absolute Gasteiger partial charge is 0.125 e. The minimum Gasteiger partial charge on any atom is -0.493 e. The highest BCUT2D eigenvalue weighted by Gasteiger charge is 2.20. The lowest BCUT2D eigenvalue weighted by atomic mass is 9.93. The third-order valence-corrected chi connectivity index (χ3v) is 4.23. The first kappa shape index (κ1) is 16.6. The predicted octanol–water partition coefficient (Wildman–Crippen LogP) is 4.48. The fourth-order valence-corrected chi connectivity index (χ4v) is 3.33. The van der Waals surface area contributed by atoms with Gasteiger partial charge in [0.25, 0.3) is 0 Å². The van der Waals surface area contributed by atoms with Crippen molar-refractivity contribution in [2.75, 3.05) is 19.7 Å². The molecule has 0 radical (unpaired) electrons. The Morgan fingerprint density at radius 1 is 1.29 bits per heavy atom. The second-order valence-electron chi connectivity index (χ2n) is 6.56. The van der Waals surface area contributed by atoms with Gasteiger partial charge < -0.3 is 10.1 Å². The fraction of sp³-hybridized carbons (Fsp3) is 0.667. The lowest BCUT2D eigenvalue weighted by Crippen LogP contribution is -2.27. The van der Waals surface area contributed by atoms with Gasteiger partial charge in [0.05, 0.1) is 6.61 Å². The van der Waals surface area contributed by atoms with Crippen LogP contribution in [0.25, 0.3) is 0 Å². The largest absolute Gasteiger partial charge is 0.493 e. The molecule has 0 saturated heterocycles. The number of ether oxygens (including phenoxy) is 1. The number of benzene rings is 1. The Kier molecular flexibility index (Phi) is 6.38. The highest BCUT2D eigenvalue weighted by Crippen LogP contribution is 2.34. The zero-order chi connectivity index (χ0) is 15.2. The summed E-state index contributed by atoms with van der Waals surface area (Å²) in [5, 5.41) is 4.45. The molecule has 3 heteroatoms. The van der Waals surface area contributed by atoms with Crippen LogP contribution in [0.2, 0.25) is 5.02 Å². The summed E-state index contributed by atoms with van der Waals surface area (Å²) in [7, 11) is 0. The van der Waals surface area contributed by atoms with Crippen molar-refractivity contribution in [3.63, 3.8) is 0 Å². The van der Waals surface area contributed by atoms with Gasteiger partial charge in [0.15, 0.2) is 0 Å². The molecule has 2 nitrogen and oxygen atoms in total. The highest BCUT2D eigenvalue weighted by atomic mass is 35.5. The van der Waals surface area contributed by atoms with Crippen molar-refractivity contribution < 1.29 is 4.74 Å². The summed E-state index contributed by atoms with van der Waals surface area (Å²) in [5.41, 5.74) is 2.57. The minimum atomic E-state index is 0.653. The van der Waals surface area contributed by atoms with Crippen molar-refractivity contribution in [2.24, 2.45) is 11.8 Å². The van der Waals surface area contributed by atoms with Crippen molar-refractivity contribution in [1.29, 1.82) is 0 Å². The van der Waals surface area contributed by atoms with E-state index in [0.717, 1.165) is 43.3 Å². The Morgan fingerprint density at radius 3 is 2.81 bits per heavy atom. The highest BCUT2D eigenvalue weighted by molar-refractivity contribution is 6.30. The Morgan fingerprint density at radius 2 is 2.10 bits per heavy atom. The Bertz CT molecular complexity index is 459. The first-order valence-corrected chi connectivity index (χ1v) is 8.62. The molecule has 1 aromatic rings. The van der Waals surface area contributed by atoms with Gasteiger partial charge in [-0.2, -0.15) is 0 Å². The van der Waals surface area contributed by atoms with Gasteiger partial charge in [-0.3, -0.25) is 0 Å². The van der Waals surface area contributed by atoms with E-state index in [4.69, 9.17) is 16.3 Å². The monoisotopic (exact) mass is 309 g/mol. The number of fused-ring (bicyclic) bond motifs is 1. The topological polar surface area (TPSA) is 21.3 Å². The van der Waals surface area contributed by atoms with E-state index in [1.54, 1.807) is 0 Å². The molecule has 0 saturated carbocycles. The Labute approximate surface area is 134 Å². The number of rotatable bonds is 8. The molecule has 1 atom stereocenters. The SMILES string of the molecule is CCCC(CNCC(C)C)Cc1cc(Cl)cc2c1OCC2. The van der Waals surface area contributed by atoms with Gasteiger partial charge in [0, 0.05) is 11.4 Å². The van der Waals surface area contributed by atoms with Crippen LogP contribution in [0.15, 0.2) is 12.1 Å². The van der Waals surface area contributed by atoms with Crippen LogP contribution < -0.4 is 10.1 Å². The summed E-state index contributed by atoms with van der Waals surface area (Å²) >= 11 is 6.26. The van der Waals surface area contributed by atoms with Crippen LogP contribution in [0.4, 0.5) is 0 Å². The van der Waals surface area contributed by atoms with Crippen molar-refractivity contribution in [3.05, 3.63) is 28.3 Å². The first-order chi connectivity index (χ1) is 10.1. The van der Waals surface area contributed by atoms with Crippen molar-refractivity contribution >= 4 is 11.6 Å². The molecule has 0 spiro atoms. The summed E-state index contributed by atoms with van der Waals surface area (Å²) in [5.74, 6) is 2.45. The van der Waals surface area contributed by atoms with Crippen LogP contribution in [0, 0.1) is 11.8 Å². The second-order valence-corrected chi connectivity index (χ2v) is 7.00. The molecular weight excluding hydrogens is 282 g/mol. The molecule has 0 fully saturated rings. The molecule has 2 rings (SSSR count). The zero-order valence-electron chi connectivity index (χ0n) is 13.5. The fourth-order valence-electron chi connectivity index (χ4n) is 3.07. The molecule has 21 heavy (non-hydrogen) atoms. The maximum Gasteiger partial charge on any atom is 0.125 e. The quantitative estimate of drug-likeness (QED) is 0.764. The van der Waals surface area contributed by atoms with E-state index in [2.05, 4.69) is 38.2 Å². The van der Waals surface area contributed by atoms with Crippen LogP contribution in [0.5, 0.6) is 5.75 Å². The van der Waals surface area contributed by atoms with Crippen LogP contribution in [0.3, 0.4) is 0 Å². The van der Waals surface area contributed by atoms with E-state index in [-0.39, 0.29) is 0 Å². The Balaban J connectivity index is 2.03. The van der Waals surface area contributed by atoms with E-state index < -0.39 is 0 Å². The van der Waals surface area contributed by atoms with E-state index >= 15 is 0 Å². The minimum absolute atomic E-state index is 0.653. The van der Waals surface area contributed by atoms with Crippen LogP contribution >= 0.6 is 11.6 Å². The average molecular weight is 310 g/mol. The lowest BCUT2D eigenvalue weighted by Gasteiger charge is -2.19. The maximum absolute atomic E-state index is 6.26. The molecule has 1 aliphatic rings. The molecule has 0 aromatic heterocycles. The maximum atomic E-state index is 6.26. The van der Waals surface area contributed by atoms with E-state index in [1.165, 1.54) is 24.0 Å². The van der Waals surface area contributed by atoms with Gasteiger partial charge in [-0.15, -0.1) is 0 Å². The molecule has 0 bridgehead atoms. The van der Waals surface area contributed by atoms with E-state index in [0.29, 0.717) is 11.8 Å². The van der Waals surface area contributed by atoms with Gasteiger partial charge in [-0.05, 0) is 61.0 Å². The standard InChI is InChI=1S/C18H28ClNO/c1-4-5-14(12-20-11-13(2)3)8-16-10-17(19)9-15-6-7-21-18(15)16/h9-10,13-14,20H,4-8,11-12H2,1-3H3. The average Bonchev–Trinajstić information content (AvgIpc) is 2.86. The zero-order valence-corrected chi connectivity index (χ0v) is 14.3. The van der Waals surface area contributed by atoms with Gasteiger partial charge in [0.2, 0.25) is 0 Å². The molecule has 1 N–H and O–H groups in total. The molecule has 1 aromatic carbocycles. The lowest BCUT2D eigenvalue weighted by molar-refractivity contribution is 0.348. The van der Waals surface area contributed by atoms with Crippen molar-refractivity contribution in [1.82, 2.24) is 5.32 Å². The molecule has 0 aliphatic carbocycles. The van der Waals surface area contributed by atoms with E-state index in [9.17, 15) is 0 Å². The molecule has 118 valence electrons. The number of hydrogen-bond acceptors (Lipinski definition) is 2. The molecule has 1 aliphatic heterocycles. The summed E-state index contributed by atoms with van der Waals surface area (Å²) in [4.78, 5) is 0. The van der Waals surface area contributed by atoms with Gasteiger partial charge >= 0.3 is 0 Å².